The lowest BCUT2D eigenvalue weighted by molar-refractivity contribution is 0.0696. The number of carboxylic acid groups (broad SMARTS) is 1. The summed E-state index contributed by atoms with van der Waals surface area (Å²) in [4.78, 5) is 10.7. The molecule has 0 saturated carbocycles. The smallest absolute Gasteiger partial charge is 0.335 e. The van der Waals surface area contributed by atoms with E-state index in [4.69, 9.17) is 9.84 Å². The Bertz CT molecular complexity index is 372. The minimum atomic E-state index is -0.926. The minimum absolute atomic E-state index is 0.261. The summed E-state index contributed by atoms with van der Waals surface area (Å²) in [5, 5.41) is 12.1. The van der Waals surface area contributed by atoms with Gasteiger partial charge in [0.2, 0.25) is 0 Å². The number of carboxylic acids is 1. The van der Waals surface area contributed by atoms with Gasteiger partial charge in [-0.15, -0.1) is 0 Å². The number of carbonyl (C=O) groups is 1. The van der Waals surface area contributed by atoms with E-state index >= 15 is 0 Å². The SMILES string of the molecule is O=C(O)c1cccc(OCC2CCCN2)c1. The van der Waals surface area contributed by atoms with Crippen LogP contribution in [0.25, 0.3) is 0 Å². The lowest BCUT2D eigenvalue weighted by Crippen LogP contribution is -2.28. The fourth-order valence-electron chi connectivity index (χ4n) is 1.81. The number of ether oxygens (including phenoxy) is 1. The average Bonchev–Trinajstić information content (AvgIpc) is 2.79. The van der Waals surface area contributed by atoms with E-state index in [1.54, 1.807) is 24.3 Å². The maximum atomic E-state index is 10.7. The third-order valence-electron chi connectivity index (χ3n) is 2.69. The van der Waals surface area contributed by atoms with E-state index in [-0.39, 0.29) is 5.56 Å². The van der Waals surface area contributed by atoms with Crippen molar-refractivity contribution in [2.24, 2.45) is 0 Å². The first kappa shape index (κ1) is 11.0. The van der Waals surface area contributed by atoms with Gasteiger partial charge in [0.25, 0.3) is 0 Å². The summed E-state index contributed by atoms with van der Waals surface area (Å²) in [6.45, 7) is 1.65. The second-order valence-corrected chi connectivity index (χ2v) is 3.94. The molecule has 0 bridgehead atoms. The van der Waals surface area contributed by atoms with Gasteiger partial charge in [0.15, 0.2) is 0 Å². The summed E-state index contributed by atoms with van der Waals surface area (Å²) in [6.07, 6.45) is 2.31. The summed E-state index contributed by atoms with van der Waals surface area (Å²) in [7, 11) is 0. The number of hydrogen-bond acceptors (Lipinski definition) is 3. The van der Waals surface area contributed by atoms with Crippen LogP contribution in [0.3, 0.4) is 0 Å². The lowest BCUT2D eigenvalue weighted by Gasteiger charge is -2.12. The molecular formula is C12H15NO3. The highest BCUT2D eigenvalue weighted by Gasteiger charge is 2.14. The molecule has 4 heteroatoms. The van der Waals surface area contributed by atoms with Gasteiger partial charge in [-0.1, -0.05) is 6.07 Å². The Hall–Kier alpha value is -1.55. The molecular weight excluding hydrogens is 206 g/mol. The summed E-state index contributed by atoms with van der Waals surface area (Å²) < 4.78 is 5.55. The molecule has 16 heavy (non-hydrogen) atoms. The molecule has 1 fully saturated rings. The van der Waals surface area contributed by atoms with E-state index in [0.717, 1.165) is 13.0 Å². The Morgan fingerprint density at radius 1 is 1.56 bits per heavy atom. The highest BCUT2D eigenvalue weighted by molar-refractivity contribution is 5.87. The molecule has 1 aliphatic rings. The third kappa shape index (κ3) is 2.73. The molecule has 0 radical (unpaired) electrons. The lowest BCUT2D eigenvalue weighted by atomic mass is 10.2. The van der Waals surface area contributed by atoms with Crippen molar-refractivity contribution >= 4 is 5.97 Å². The van der Waals surface area contributed by atoms with Crippen LogP contribution in [0, 0.1) is 0 Å². The first-order valence-electron chi connectivity index (χ1n) is 5.45. The largest absolute Gasteiger partial charge is 0.492 e. The van der Waals surface area contributed by atoms with Gasteiger partial charge in [0.05, 0.1) is 5.56 Å². The molecule has 1 aromatic carbocycles. The molecule has 1 aliphatic heterocycles. The monoisotopic (exact) mass is 221 g/mol. The van der Waals surface area contributed by atoms with Crippen molar-refractivity contribution in [2.75, 3.05) is 13.2 Å². The van der Waals surface area contributed by atoms with Gasteiger partial charge < -0.3 is 15.2 Å². The van der Waals surface area contributed by atoms with Gasteiger partial charge in [-0.05, 0) is 37.6 Å². The van der Waals surface area contributed by atoms with Crippen LogP contribution in [0.15, 0.2) is 24.3 Å². The molecule has 1 atom stereocenters. The zero-order chi connectivity index (χ0) is 11.4. The second kappa shape index (κ2) is 4.99. The predicted molar refractivity (Wildman–Crippen MR) is 59.9 cm³/mol. The predicted octanol–water partition coefficient (Wildman–Crippen LogP) is 1.52. The van der Waals surface area contributed by atoms with Crippen molar-refractivity contribution < 1.29 is 14.6 Å². The van der Waals surface area contributed by atoms with Crippen molar-refractivity contribution in [2.45, 2.75) is 18.9 Å². The molecule has 2 N–H and O–H groups in total. The molecule has 1 saturated heterocycles. The van der Waals surface area contributed by atoms with Crippen molar-refractivity contribution in [1.82, 2.24) is 5.32 Å². The highest BCUT2D eigenvalue weighted by Crippen LogP contribution is 2.15. The van der Waals surface area contributed by atoms with Crippen LogP contribution in [-0.2, 0) is 0 Å². The number of hydrogen-bond donors (Lipinski definition) is 2. The summed E-state index contributed by atoms with van der Waals surface area (Å²) in [5.74, 6) is -0.307. The van der Waals surface area contributed by atoms with Crippen LogP contribution in [0.5, 0.6) is 5.75 Å². The fourth-order valence-corrected chi connectivity index (χ4v) is 1.81. The van der Waals surface area contributed by atoms with Gasteiger partial charge in [0.1, 0.15) is 12.4 Å². The van der Waals surface area contributed by atoms with Crippen LogP contribution >= 0.6 is 0 Å². The number of benzene rings is 1. The molecule has 86 valence electrons. The van der Waals surface area contributed by atoms with Gasteiger partial charge in [0, 0.05) is 6.04 Å². The van der Waals surface area contributed by atoms with E-state index in [9.17, 15) is 4.79 Å². The maximum absolute atomic E-state index is 10.7. The van der Waals surface area contributed by atoms with E-state index < -0.39 is 5.97 Å². The van der Waals surface area contributed by atoms with Crippen molar-refractivity contribution in [1.29, 1.82) is 0 Å². The van der Waals surface area contributed by atoms with Crippen LogP contribution in [0.4, 0.5) is 0 Å². The van der Waals surface area contributed by atoms with Crippen molar-refractivity contribution in [3.63, 3.8) is 0 Å². The highest BCUT2D eigenvalue weighted by atomic mass is 16.5. The average molecular weight is 221 g/mol. The minimum Gasteiger partial charge on any atom is -0.492 e. The Morgan fingerprint density at radius 2 is 2.44 bits per heavy atom. The third-order valence-corrected chi connectivity index (χ3v) is 2.69. The summed E-state index contributed by atoms with van der Waals surface area (Å²) in [5.41, 5.74) is 0.261. The quantitative estimate of drug-likeness (QED) is 0.809. The van der Waals surface area contributed by atoms with Crippen molar-refractivity contribution in [3.05, 3.63) is 29.8 Å². The first-order valence-corrected chi connectivity index (χ1v) is 5.45. The molecule has 1 unspecified atom stereocenters. The topological polar surface area (TPSA) is 58.6 Å². The molecule has 0 aliphatic carbocycles. The molecule has 2 rings (SSSR count). The Labute approximate surface area is 94.2 Å². The summed E-state index contributed by atoms with van der Waals surface area (Å²) >= 11 is 0. The standard InChI is InChI=1S/C12H15NO3/c14-12(15)9-3-1-5-11(7-9)16-8-10-4-2-6-13-10/h1,3,5,7,10,13H,2,4,6,8H2,(H,14,15). The number of aromatic carboxylic acids is 1. The van der Waals surface area contributed by atoms with Gasteiger partial charge in [-0.25, -0.2) is 4.79 Å². The van der Waals surface area contributed by atoms with Crippen LogP contribution in [0.1, 0.15) is 23.2 Å². The number of rotatable bonds is 4. The van der Waals surface area contributed by atoms with E-state index in [1.807, 2.05) is 0 Å². The van der Waals surface area contributed by atoms with Gasteiger partial charge >= 0.3 is 5.97 Å². The van der Waals surface area contributed by atoms with Crippen LogP contribution in [0.2, 0.25) is 0 Å². The van der Waals surface area contributed by atoms with Gasteiger partial charge in [-0.2, -0.15) is 0 Å². The Kier molecular flexibility index (Phi) is 3.41. The van der Waals surface area contributed by atoms with E-state index in [2.05, 4.69) is 5.32 Å². The molecule has 0 aromatic heterocycles. The molecule has 0 spiro atoms. The zero-order valence-electron chi connectivity index (χ0n) is 8.98. The van der Waals surface area contributed by atoms with Crippen LogP contribution < -0.4 is 10.1 Å². The molecule has 1 heterocycles. The number of nitrogens with one attached hydrogen (secondary N) is 1. The Morgan fingerprint density at radius 3 is 3.12 bits per heavy atom. The first-order chi connectivity index (χ1) is 7.75. The second-order valence-electron chi connectivity index (χ2n) is 3.94. The molecule has 0 amide bonds. The molecule has 1 aromatic rings. The Balaban J connectivity index is 1.93. The zero-order valence-corrected chi connectivity index (χ0v) is 8.98. The van der Waals surface area contributed by atoms with E-state index in [0.29, 0.717) is 18.4 Å². The van der Waals surface area contributed by atoms with E-state index in [1.165, 1.54) is 6.42 Å². The molecule has 4 nitrogen and oxygen atoms in total. The van der Waals surface area contributed by atoms with Crippen molar-refractivity contribution in [3.8, 4) is 5.75 Å². The fraction of sp³-hybridized carbons (Fsp3) is 0.417. The van der Waals surface area contributed by atoms with Gasteiger partial charge in [-0.3, -0.25) is 0 Å². The summed E-state index contributed by atoms with van der Waals surface area (Å²) in [6, 6.07) is 6.98. The maximum Gasteiger partial charge on any atom is 0.335 e. The van der Waals surface area contributed by atoms with Crippen LogP contribution in [-0.4, -0.2) is 30.3 Å². The normalized spacial score (nSPS) is 19.6.